The monoisotopic (exact) mass is 142 g/mol. The van der Waals surface area contributed by atoms with Gasteiger partial charge in [0.05, 0.1) is 6.04 Å². The Balaban J connectivity index is 2.54. The summed E-state index contributed by atoms with van der Waals surface area (Å²) in [5, 5.41) is 2.81. The SMILES string of the molecule is CCC1CNC(=O)N1CC. The maximum absolute atomic E-state index is 11.0. The summed E-state index contributed by atoms with van der Waals surface area (Å²) in [5.41, 5.74) is 0. The number of rotatable bonds is 2. The Labute approximate surface area is 61.4 Å². The van der Waals surface area contributed by atoms with Gasteiger partial charge in [-0.2, -0.15) is 0 Å². The van der Waals surface area contributed by atoms with E-state index in [2.05, 4.69) is 12.2 Å². The van der Waals surface area contributed by atoms with Gasteiger partial charge in [-0.05, 0) is 13.3 Å². The van der Waals surface area contributed by atoms with Gasteiger partial charge >= 0.3 is 6.03 Å². The Morgan fingerprint density at radius 2 is 2.40 bits per heavy atom. The molecule has 0 aliphatic carbocycles. The molecular weight excluding hydrogens is 128 g/mol. The number of nitrogens with one attached hydrogen (secondary N) is 1. The van der Waals surface area contributed by atoms with E-state index in [1.807, 2.05) is 11.8 Å². The van der Waals surface area contributed by atoms with Crippen molar-refractivity contribution in [3.05, 3.63) is 0 Å². The number of urea groups is 1. The molecule has 0 spiro atoms. The molecule has 0 bridgehead atoms. The van der Waals surface area contributed by atoms with E-state index in [9.17, 15) is 4.79 Å². The second-order valence-corrected chi connectivity index (χ2v) is 2.53. The molecule has 3 nitrogen and oxygen atoms in total. The fourth-order valence-corrected chi connectivity index (χ4v) is 1.35. The van der Waals surface area contributed by atoms with Crippen LogP contribution in [0.4, 0.5) is 4.79 Å². The van der Waals surface area contributed by atoms with Gasteiger partial charge in [-0.15, -0.1) is 0 Å². The number of amides is 2. The Bertz CT molecular complexity index is 136. The second-order valence-electron chi connectivity index (χ2n) is 2.53. The molecule has 10 heavy (non-hydrogen) atoms. The topological polar surface area (TPSA) is 32.3 Å². The molecule has 1 saturated heterocycles. The Morgan fingerprint density at radius 3 is 2.80 bits per heavy atom. The van der Waals surface area contributed by atoms with E-state index in [0.29, 0.717) is 6.04 Å². The van der Waals surface area contributed by atoms with Crippen LogP contribution in [-0.4, -0.2) is 30.1 Å². The lowest BCUT2D eigenvalue weighted by Crippen LogP contribution is -2.33. The van der Waals surface area contributed by atoms with E-state index in [1.165, 1.54) is 0 Å². The number of nitrogens with zero attached hydrogens (tertiary/aromatic N) is 1. The number of likely N-dealkylation sites (N-methyl/N-ethyl adjacent to an activating group) is 1. The summed E-state index contributed by atoms with van der Waals surface area (Å²) in [6.45, 7) is 5.76. The van der Waals surface area contributed by atoms with Crippen LogP contribution in [0.1, 0.15) is 20.3 Å². The summed E-state index contributed by atoms with van der Waals surface area (Å²) in [6.07, 6.45) is 1.05. The first-order valence-corrected chi connectivity index (χ1v) is 3.84. The predicted molar refractivity (Wildman–Crippen MR) is 39.9 cm³/mol. The van der Waals surface area contributed by atoms with Crippen molar-refractivity contribution >= 4 is 6.03 Å². The molecule has 1 aliphatic rings. The van der Waals surface area contributed by atoms with Gasteiger partial charge in [0.25, 0.3) is 0 Å². The van der Waals surface area contributed by atoms with E-state index in [1.54, 1.807) is 0 Å². The zero-order valence-corrected chi connectivity index (χ0v) is 6.55. The van der Waals surface area contributed by atoms with Gasteiger partial charge in [-0.25, -0.2) is 4.79 Å². The molecule has 1 fully saturated rings. The van der Waals surface area contributed by atoms with Gasteiger partial charge in [0.1, 0.15) is 0 Å². The molecule has 0 aromatic rings. The second kappa shape index (κ2) is 2.90. The van der Waals surface area contributed by atoms with Crippen LogP contribution in [0.5, 0.6) is 0 Å². The van der Waals surface area contributed by atoms with Crippen molar-refractivity contribution in [1.82, 2.24) is 10.2 Å². The fourth-order valence-electron chi connectivity index (χ4n) is 1.35. The van der Waals surface area contributed by atoms with E-state index >= 15 is 0 Å². The van der Waals surface area contributed by atoms with Crippen molar-refractivity contribution in [2.45, 2.75) is 26.3 Å². The Kier molecular flexibility index (Phi) is 2.14. The molecule has 1 heterocycles. The molecule has 1 aliphatic heterocycles. The molecule has 3 heteroatoms. The lowest BCUT2D eigenvalue weighted by atomic mass is 10.2. The minimum atomic E-state index is 0.0920. The average molecular weight is 142 g/mol. The van der Waals surface area contributed by atoms with Crippen LogP contribution in [0.25, 0.3) is 0 Å². The first-order chi connectivity index (χ1) is 4.79. The third-order valence-corrected chi connectivity index (χ3v) is 2.00. The van der Waals surface area contributed by atoms with Gasteiger partial charge < -0.3 is 10.2 Å². The van der Waals surface area contributed by atoms with Crippen LogP contribution < -0.4 is 5.32 Å². The van der Waals surface area contributed by atoms with Crippen molar-refractivity contribution in [2.75, 3.05) is 13.1 Å². The molecule has 1 rings (SSSR count). The highest BCUT2D eigenvalue weighted by Gasteiger charge is 2.26. The largest absolute Gasteiger partial charge is 0.336 e. The molecule has 1 atom stereocenters. The smallest absolute Gasteiger partial charge is 0.317 e. The van der Waals surface area contributed by atoms with Gasteiger partial charge in [-0.1, -0.05) is 6.92 Å². The number of hydrogen-bond donors (Lipinski definition) is 1. The van der Waals surface area contributed by atoms with Crippen molar-refractivity contribution in [1.29, 1.82) is 0 Å². The molecular formula is C7H14N2O. The maximum Gasteiger partial charge on any atom is 0.317 e. The van der Waals surface area contributed by atoms with Crippen LogP contribution in [0.15, 0.2) is 0 Å². The summed E-state index contributed by atoms with van der Waals surface area (Å²) in [7, 11) is 0. The third kappa shape index (κ3) is 1.08. The first-order valence-electron chi connectivity index (χ1n) is 3.84. The zero-order chi connectivity index (χ0) is 7.56. The highest BCUT2D eigenvalue weighted by Crippen LogP contribution is 2.08. The summed E-state index contributed by atoms with van der Waals surface area (Å²) in [5.74, 6) is 0. The summed E-state index contributed by atoms with van der Waals surface area (Å²) in [6, 6.07) is 0.520. The first kappa shape index (κ1) is 7.38. The van der Waals surface area contributed by atoms with Crippen LogP contribution in [-0.2, 0) is 0 Å². The number of hydrogen-bond acceptors (Lipinski definition) is 1. The number of carbonyl (C=O) groups excluding carboxylic acids is 1. The molecule has 58 valence electrons. The molecule has 0 aromatic heterocycles. The van der Waals surface area contributed by atoms with Crippen molar-refractivity contribution in [2.24, 2.45) is 0 Å². The Morgan fingerprint density at radius 1 is 1.70 bits per heavy atom. The van der Waals surface area contributed by atoms with Gasteiger partial charge in [0.15, 0.2) is 0 Å². The lowest BCUT2D eigenvalue weighted by Gasteiger charge is -2.18. The molecule has 2 amide bonds. The van der Waals surface area contributed by atoms with Crippen LogP contribution >= 0.6 is 0 Å². The van der Waals surface area contributed by atoms with Crippen LogP contribution in [0, 0.1) is 0 Å². The molecule has 0 radical (unpaired) electrons. The maximum atomic E-state index is 11.0. The molecule has 1 unspecified atom stereocenters. The van der Waals surface area contributed by atoms with Crippen molar-refractivity contribution in [3.8, 4) is 0 Å². The molecule has 0 aromatic carbocycles. The molecule has 1 N–H and O–H groups in total. The van der Waals surface area contributed by atoms with Crippen LogP contribution in [0.2, 0.25) is 0 Å². The third-order valence-electron chi connectivity index (χ3n) is 2.00. The standard InChI is InChI=1S/C7H14N2O/c1-3-6-5-8-7(10)9(6)4-2/h6H,3-5H2,1-2H3,(H,8,10). The molecule has 0 saturated carbocycles. The zero-order valence-electron chi connectivity index (χ0n) is 6.55. The van der Waals surface area contributed by atoms with E-state index in [-0.39, 0.29) is 6.03 Å². The normalized spacial score (nSPS) is 25.2. The quantitative estimate of drug-likeness (QED) is 0.608. The van der Waals surface area contributed by atoms with E-state index < -0.39 is 0 Å². The van der Waals surface area contributed by atoms with E-state index in [0.717, 1.165) is 19.5 Å². The minimum absolute atomic E-state index is 0.0920. The Hall–Kier alpha value is -0.730. The fraction of sp³-hybridized carbons (Fsp3) is 0.857. The van der Waals surface area contributed by atoms with Gasteiger partial charge in [0.2, 0.25) is 0 Å². The van der Waals surface area contributed by atoms with Crippen molar-refractivity contribution in [3.63, 3.8) is 0 Å². The summed E-state index contributed by atoms with van der Waals surface area (Å²) >= 11 is 0. The van der Waals surface area contributed by atoms with Gasteiger partial charge in [0, 0.05) is 13.1 Å². The minimum Gasteiger partial charge on any atom is -0.336 e. The summed E-state index contributed by atoms with van der Waals surface area (Å²) < 4.78 is 0. The van der Waals surface area contributed by atoms with E-state index in [4.69, 9.17) is 0 Å². The predicted octanol–water partition coefficient (Wildman–Crippen LogP) is 0.810. The summed E-state index contributed by atoms with van der Waals surface area (Å²) in [4.78, 5) is 12.9. The average Bonchev–Trinajstić information content (AvgIpc) is 2.30. The lowest BCUT2D eigenvalue weighted by molar-refractivity contribution is 0.206. The highest BCUT2D eigenvalue weighted by atomic mass is 16.2. The highest BCUT2D eigenvalue weighted by molar-refractivity contribution is 5.76. The van der Waals surface area contributed by atoms with Crippen LogP contribution in [0.3, 0.4) is 0 Å². The van der Waals surface area contributed by atoms with Crippen molar-refractivity contribution < 1.29 is 4.79 Å². The van der Waals surface area contributed by atoms with Gasteiger partial charge in [-0.3, -0.25) is 0 Å². The number of carbonyl (C=O) groups is 1.